The lowest BCUT2D eigenvalue weighted by Gasteiger charge is -2.08. The van der Waals surface area contributed by atoms with Gasteiger partial charge in [-0.15, -0.1) is 0 Å². The third-order valence-electron chi connectivity index (χ3n) is 3.60. The molecule has 0 radical (unpaired) electrons. The summed E-state index contributed by atoms with van der Waals surface area (Å²) in [6, 6.07) is 7.89. The molecule has 0 unspecified atom stereocenters. The number of carbonyl (C=O) groups excluding carboxylic acids is 1. The number of hydrogen-bond donors (Lipinski definition) is 1. The third kappa shape index (κ3) is 3.36. The zero-order valence-electron chi connectivity index (χ0n) is 13.4. The summed E-state index contributed by atoms with van der Waals surface area (Å²) in [6.07, 6.45) is 0.506. The van der Waals surface area contributed by atoms with Gasteiger partial charge >= 0.3 is 0 Å². The van der Waals surface area contributed by atoms with Gasteiger partial charge in [-0.1, -0.05) is 17.3 Å². The lowest BCUT2D eigenvalue weighted by Crippen LogP contribution is -2.26. The largest absolute Gasteiger partial charge is 0.351 e. The molecule has 3 aromatic rings. The van der Waals surface area contributed by atoms with E-state index in [-0.39, 0.29) is 5.91 Å². The van der Waals surface area contributed by atoms with E-state index in [9.17, 15) is 4.79 Å². The van der Waals surface area contributed by atoms with Crippen molar-refractivity contribution >= 4 is 16.8 Å². The van der Waals surface area contributed by atoms with Gasteiger partial charge in [-0.2, -0.15) is 4.98 Å². The Bertz CT molecular complexity index is 870. The minimum absolute atomic E-state index is 0.145. The average molecular weight is 310 g/mol. The van der Waals surface area contributed by atoms with Crippen molar-refractivity contribution in [2.24, 2.45) is 0 Å². The van der Waals surface area contributed by atoms with E-state index < -0.39 is 0 Å². The van der Waals surface area contributed by atoms with Gasteiger partial charge in [0.1, 0.15) is 0 Å². The molecular formula is C17H18N4O2. The molecule has 0 saturated carbocycles. The summed E-state index contributed by atoms with van der Waals surface area (Å²) in [5.41, 5.74) is 3.36. The van der Waals surface area contributed by atoms with Gasteiger partial charge < -0.3 is 9.84 Å². The zero-order valence-corrected chi connectivity index (χ0v) is 13.4. The van der Waals surface area contributed by atoms with Gasteiger partial charge in [0.25, 0.3) is 5.91 Å². The summed E-state index contributed by atoms with van der Waals surface area (Å²) in [4.78, 5) is 21.0. The van der Waals surface area contributed by atoms with Crippen LogP contribution in [0.3, 0.4) is 0 Å². The van der Waals surface area contributed by atoms with Gasteiger partial charge in [0.2, 0.25) is 5.89 Å². The molecule has 23 heavy (non-hydrogen) atoms. The maximum atomic E-state index is 12.4. The Balaban J connectivity index is 1.72. The number of carbonyl (C=O) groups is 1. The molecule has 6 heteroatoms. The van der Waals surface area contributed by atoms with E-state index >= 15 is 0 Å². The standard InChI is InChI=1S/C17H18N4O2/c1-10-4-5-13-9-14(11(2)19-15(13)8-10)17(22)18-7-6-16-20-12(3)21-23-16/h4-5,8-9H,6-7H2,1-3H3,(H,18,22). The quantitative estimate of drug-likeness (QED) is 0.801. The Morgan fingerprint density at radius 3 is 2.74 bits per heavy atom. The van der Waals surface area contributed by atoms with Crippen LogP contribution < -0.4 is 5.32 Å². The number of rotatable bonds is 4. The number of fused-ring (bicyclic) bond motifs is 1. The Kier molecular flexibility index (Phi) is 4.06. The van der Waals surface area contributed by atoms with Crippen molar-refractivity contribution < 1.29 is 9.32 Å². The number of amides is 1. The fraction of sp³-hybridized carbons (Fsp3) is 0.294. The molecule has 0 aliphatic carbocycles. The molecule has 2 heterocycles. The van der Waals surface area contributed by atoms with Crippen LogP contribution in [0, 0.1) is 20.8 Å². The second-order valence-electron chi connectivity index (χ2n) is 5.56. The maximum Gasteiger partial charge on any atom is 0.253 e. The normalized spacial score (nSPS) is 10.9. The summed E-state index contributed by atoms with van der Waals surface area (Å²) < 4.78 is 5.02. The molecule has 3 rings (SSSR count). The van der Waals surface area contributed by atoms with E-state index in [0.717, 1.165) is 16.5 Å². The second kappa shape index (κ2) is 6.16. The van der Waals surface area contributed by atoms with E-state index in [0.29, 0.717) is 35.9 Å². The summed E-state index contributed by atoms with van der Waals surface area (Å²) in [5, 5.41) is 7.54. The Morgan fingerprint density at radius 2 is 2.00 bits per heavy atom. The number of aromatic nitrogens is 3. The van der Waals surface area contributed by atoms with Crippen molar-refractivity contribution in [2.45, 2.75) is 27.2 Å². The second-order valence-corrected chi connectivity index (χ2v) is 5.56. The summed E-state index contributed by atoms with van der Waals surface area (Å²) >= 11 is 0. The molecule has 1 amide bonds. The first-order valence-corrected chi connectivity index (χ1v) is 7.48. The lowest BCUT2D eigenvalue weighted by atomic mass is 10.1. The summed E-state index contributed by atoms with van der Waals surface area (Å²) in [6.45, 7) is 6.07. The fourth-order valence-corrected chi connectivity index (χ4v) is 2.42. The molecule has 0 atom stereocenters. The van der Waals surface area contributed by atoms with Crippen molar-refractivity contribution in [3.63, 3.8) is 0 Å². The number of nitrogens with zero attached hydrogens (tertiary/aromatic N) is 3. The van der Waals surface area contributed by atoms with Gasteiger partial charge in [0.15, 0.2) is 5.82 Å². The number of nitrogens with one attached hydrogen (secondary N) is 1. The molecule has 6 nitrogen and oxygen atoms in total. The smallest absolute Gasteiger partial charge is 0.253 e. The molecule has 0 bridgehead atoms. The summed E-state index contributed by atoms with van der Waals surface area (Å²) in [7, 11) is 0. The van der Waals surface area contributed by atoms with Crippen LogP contribution in [0.5, 0.6) is 0 Å². The van der Waals surface area contributed by atoms with Crippen LogP contribution >= 0.6 is 0 Å². The molecule has 0 spiro atoms. The SMILES string of the molecule is Cc1ccc2cc(C(=O)NCCc3nc(C)no3)c(C)nc2c1. The minimum atomic E-state index is -0.145. The molecule has 0 saturated heterocycles. The molecule has 0 fully saturated rings. The molecular weight excluding hydrogens is 292 g/mol. The van der Waals surface area contributed by atoms with Crippen LogP contribution in [-0.4, -0.2) is 27.6 Å². The van der Waals surface area contributed by atoms with Crippen molar-refractivity contribution in [1.82, 2.24) is 20.4 Å². The highest BCUT2D eigenvalue weighted by Crippen LogP contribution is 2.18. The minimum Gasteiger partial charge on any atom is -0.351 e. The first-order chi connectivity index (χ1) is 11.0. The number of aryl methyl sites for hydroxylation is 3. The number of pyridine rings is 1. The highest BCUT2D eigenvalue weighted by atomic mass is 16.5. The predicted octanol–water partition coefficient (Wildman–Crippen LogP) is 2.52. The van der Waals surface area contributed by atoms with Crippen molar-refractivity contribution in [3.05, 3.63) is 52.8 Å². The molecule has 1 aromatic carbocycles. The highest BCUT2D eigenvalue weighted by molar-refractivity contribution is 5.98. The first kappa shape index (κ1) is 15.1. The van der Waals surface area contributed by atoms with Crippen LogP contribution in [-0.2, 0) is 6.42 Å². The van der Waals surface area contributed by atoms with Gasteiger partial charge in [0, 0.05) is 18.4 Å². The van der Waals surface area contributed by atoms with Crippen molar-refractivity contribution in [2.75, 3.05) is 6.54 Å². The number of benzene rings is 1. The molecule has 0 aliphatic rings. The zero-order chi connectivity index (χ0) is 16.4. The maximum absolute atomic E-state index is 12.4. The summed E-state index contributed by atoms with van der Waals surface area (Å²) in [5.74, 6) is 0.969. The van der Waals surface area contributed by atoms with Gasteiger partial charge in [-0.05, 0) is 38.5 Å². The molecule has 118 valence electrons. The average Bonchev–Trinajstić information content (AvgIpc) is 2.91. The van der Waals surface area contributed by atoms with Gasteiger partial charge in [-0.25, -0.2) is 0 Å². The first-order valence-electron chi connectivity index (χ1n) is 7.48. The highest BCUT2D eigenvalue weighted by Gasteiger charge is 2.12. The van der Waals surface area contributed by atoms with E-state index in [4.69, 9.17) is 4.52 Å². The van der Waals surface area contributed by atoms with Crippen LogP contribution in [0.1, 0.15) is 33.3 Å². The van der Waals surface area contributed by atoms with E-state index in [1.54, 1.807) is 6.92 Å². The van der Waals surface area contributed by atoms with E-state index in [1.165, 1.54) is 0 Å². The Morgan fingerprint density at radius 1 is 1.17 bits per heavy atom. The lowest BCUT2D eigenvalue weighted by molar-refractivity contribution is 0.0952. The Hall–Kier alpha value is -2.76. The fourth-order valence-electron chi connectivity index (χ4n) is 2.42. The monoisotopic (exact) mass is 310 g/mol. The molecule has 0 aliphatic heterocycles. The predicted molar refractivity (Wildman–Crippen MR) is 86.3 cm³/mol. The van der Waals surface area contributed by atoms with E-state index in [1.807, 2.05) is 38.1 Å². The molecule has 2 aromatic heterocycles. The van der Waals surface area contributed by atoms with Gasteiger partial charge in [0.05, 0.1) is 16.8 Å². The van der Waals surface area contributed by atoms with Crippen LogP contribution in [0.2, 0.25) is 0 Å². The van der Waals surface area contributed by atoms with Crippen LogP contribution in [0.4, 0.5) is 0 Å². The topological polar surface area (TPSA) is 80.9 Å². The van der Waals surface area contributed by atoms with E-state index in [2.05, 4.69) is 20.4 Å². The van der Waals surface area contributed by atoms with Crippen molar-refractivity contribution in [3.8, 4) is 0 Å². The van der Waals surface area contributed by atoms with Crippen molar-refractivity contribution in [1.29, 1.82) is 0 Å². The van der Waals surface area contributed by atoms with Gasteiger partial charge in [-0.3, -0.25) is 9.78 Å². The molecule has 1 N–H and O–H groups in total. The Labute approximate surface area is 133 Å². The third-order valence-corrected chi connectivity index (χ3v) is 3.60. The van der Waals surface area contributed by atoms with Crippen LogP contribution in [0.25, 0.3) is 10.9 Å². The van der Waals surface area contributed by atoms with Crippen LogP contribution in [0.15, 0.2) is 28.8 Å². The number of hydrogen-bond acceptors (Lipinski definition) is 5.